The zero-order valence-corrected chi connectivity index (χ0v) is 29.0. The lowest BCUT2D eigenvalue weighted by molar-refractivity contribution is -0.156. The molecule has 1 N–H and O–H groups in total. The number of ether oxygens (including phenoxy) is 4. The molecule has 0 unspecified atom stereocenters. The summed E-state index contributed by atoms with van der Waals surface area (Å²) in [6.07, 6.45) is -2.30. The fourth-order valence-electron chi connectivity index (χ4n) is 7.17. The summed E-state index contributed by atoms with van der Waals surface area (Å²) in [4.78, 5) is 26.7. The van der Waals surface area contributed by atoms with Gasteiger partial charge in [0.2, 0.25) is 5.82 Å². The Morgan fingerprint density at radius 2 is 1.57 bits per heavy atom. The van der Waals surface area contributed by atoms with E-state index in [0.717, 1.165) is 70.5 Å². The zero-order valence-electron chi connectivity index (χ0n) is 29.0. The van der Waals surface area contributed by atoms with Gasteiger partial charge in [-0.15, -0.1) is 0 Å². The van der Waals surface area contributed by atoms with Crippen molar-refractivity contribution in [3.8, 4) is 0 Å². The van der Waals surface area contributed by atoms with Crippen LogP contribution in [0.5, 0.6) is 0 Å². The van der Waals surface area contributed by atoms with Crippen molar-refractivity contribution < 1.29 is 36.9 Å². The number of esters is 1. The van der Waals surface area contributed by atoms with Crippen molar-refractivity contribution in [2.24, 2.45) is 5.92 Å². The molecule has 2 aromatic rings. The largest absolute Gasteiger partial charge is 0.456 e. The first-order valence-electron chi connectivity index (χ1n) is 17.3. The molecule has 11 nitrogen and oxygen atoms in total. The Morgan fingerprint density at radius 3 is 2.20 bits per heavy atom. The van der Waals surface area contributed by atoms with Crippen LogP contribution in [0.4, 0.5) is 24.7 Å². The van der Waals surface area contributed by atoms with E-state index in [1.807, 2.05) is 58.9 Å². The highest BCUT2D eigenvalue weighted by atomic mass is 19.4. The molecule has 4 aliphatic heterocycles. The number of piperidine rings is 1. The van der Waals surface area contributed by atoms with Gasteiger partial charge in [0.05, 0.1) is 24.3 Å². The fourth-order valence-corrected chi connectivity index (χ4v) is 7.17. The molecule has 1 aromatic heterocycles. The Bertz CT molecular complexity index is 1420. The lowest BCUT2D eigenvalue weighted by Crippen LogP contribution is -2.58. The van der Waals surface area contributed by atoms with Crippen molar-refractivity contribution in [2.45, 2.75) is 89.4 Å². The molecule has 0 spiro atoms. The summed E-state index contributed by atoms with van der Waals surface area (Å²) < 4.78 is 63.8. The Kier molecular flexibility index (Phi) is 10.4. The minimum atomic E-state index is -4.63. The van der Waals surface area contributed by atoms with Crippen LogP contribution in [0, 0.1) is 5.92 Å². The summed E-state index contributed by atoms with van der Waals surface area (Å²) in [5, 5.41) is 3.07. The topological polar surface area (TPSA) is 102 Å². The molecule has 49 heavy (non-hydrogen) atoms. The summed E-state index contributed by atoms with van der Waals surface area (Å²) in [7, 11) is 0. The zero-order chi connectivity index (χ0) is 35.0. The Hall–Kier alpha value is -3.04. The predicted molar refractivity (Wildman–Crippen MR) is 177 cm³/mol. The maximum absolute atomic E-state index is 13.2. The highest BCUT2D eigenvalue weighted by molar-refractivity contribution is 5.90. The van der Waals surface area contributed by atoms with E-state index in [-0.39, 0.29) is 30.6 Å². The number of piperazine rings is 1. The van der Waals surface area contributed by atoms with Crippen molar-refractivity contribution in [1.29, 1.82) is 0 Å². The highest BCUT2D eigenvalue weighted by Gasteiger charge is 2.52. The minimum absolute atomic E-state index is 0.0668. The monoisotopic (exact) mass is 690 g/mol. The van der Waals surface area contributed by atoms with Gasteiger partial charge >= 0.3 is 12.1 Å². The molecular formula is C35H49F3N6O5. The fraction of sp³-hybridized carbons (Fsp3) is 0.686. The second-order valence-electron chi connectivity index (χ2n) is 15.0. The Labute approximate surface area is 286 Å². The molecule has 1 aromatic carbocycles. The van der Waals surface area contributed by atoms with Gasteiger partial charge in [0, 0.05) is 64.2 Å². The van der Waals surface area contributed by atoms with E-state index in [0.29, 0.717) is 18.0 Å². The maximum Gasteiger partial charge on any atom is 0.451 e. The first kappa shape index (κ1) is 35.8. The van der Waals surface area contributed by atoms with Crippen molar-refractivity contribution in [3.63, 3.8) is 0 Å². The molecule has 4 fully saturated rings. The molecule has 5 heterocycles. The molecule has 4 atom stereocenters. The van der Waals surface area contributed by atoms with Crippen LogP contribution < -0.4 is 10.2 Å². The highest BCUT2D eigenvalue weighted by Crippen LogP contribution is 2.37. The van der Waals surface area contributed by atoms with Gasteiger partial charge < -0.3 is 34.1 Å². The number of carbonyl (C=O) groups excluding carboxylic acids is 1. The van der Waals surface area contributed by atoms with Crippen LogP contribution in [-0.2, 0) is 25.1 Å². The van der Waals surface area contributed by atoms with E-state index >= 15 is 0 Å². The molecule has 4 aliphatic rings. The smallest absolute Gasteiger partial charge is 0.451 e. The van der Waals surface area contributed by atoms with E-state index in [9.17, 15) is 18.0 Å². The standard InChI is InChI=1S/C35H49F3N6O5/c1-33(2,3)49-31(45)24-6-8-25(9-7-24)44-14-11-23(12-15-44)20-42-16-18-43(19-17-42)21-27-30-29(47-34(4,5)48-30)26(22-46-27)40-28-10-13-39-32(41-28)35(36,37)38/h6-10,13,23,26-27,29-30H,11-12,14-22H2,1-5H3,(H,39,40,41)/t26-,27+,29+,30-/m0/s1. The predicted octanol–water partition coefficient (Wildman–Crippen LogP) is 4.68. The van der Waals surface area contributed by atoms with Crippen LogP contribution in [0.15, 0.2) is 36.5 Å². The van der Waals surface area contributed by atoms with E-state index in [4.69, 9.17) is 18.9 Å². The van der Waals surface area contributed by atoms with Gasteiger partial charge in [0.1, 0.15) is 23.6 Å². The number of carbonyl (C=O) groups is 1. The van der Waals surface area contributed by atoms with Crippen LogP contribution in [0.2, 0.25) is 0 Å². The second kappa shape index (κ2) is 14.3. The number of nitrogens with zero attached hydrogens (tertiary/aromatic N) is 5. The molecule has 4 saturated heterocycles. The number of nitrogens with one attached hydrogen (secondary N) is 1. The third kappa shape index (κ3) is 9.20. The number of hydrogen-bond donors (Lipinski definition) is 1. The average molecular weight is 691 g/mol. The molecule has 6 rings (SSSR count). The quantitative estimate of drug-likeness (QED) is 0.391. The Balaban J connectivity index is 0.947. The first-order valence-corrected chi connectivity index (χ1v) is 17.3. The molecule has 0 saturated carbocycles. The van der Waals surface area contributed by atoms with Crippen molar-refractivity contribution in [3.05, 3.63) is 47.9 Å². The van der Waals surface area contributed by atoms with Crippen molar-refractivity contribution in [2.75, 3.05) is 69.2 Å². The van der Waals surface area contributed by atoms with Crippen LogP contribution in [0.25, 0.3) is 0 Å². The number of rotatable bonds is 8. The van der Waals surface area contributed by atoms with Crippen LogP contribution in [0.1, 0.15) is 63.6 Å². The molecule has 270 valence electrons. The van der Waals surface area contributed by atoms with Crippen molar-refractivity contribution in [1.82, 2.24) is 19.8 Å². The summed E-state index contributed by atoms with van der Waals surface area (Å²) in [5.41, 5.74) is 1.19. The van der Waals surface area contributed by atoms with Gasteiger partial charge in [0.15, 0.2) is 5.79 Å². The van der Waals surface area contributed by atoms with Crippen LogP contribution >= 0.6 is 0 Å². The average Bonchev–Trinajstić information content (AvgIpc) is 3.38. The maximum atomic E-state index is 13.2. The van der Waals surface area contributed by atoms with E-state index < -0.39 is 35.5 Å². The van der Waals surface area contributed by atoms with E-state index in [1.54, 1.807) is 0 Å². The number of aromatic nitrogens is 2. The van der Waals surface area contributed by atoms with E-state index in [2.05, 4.69) is 30.0 Å². The summed E-state index contributed by atoms with van der Waals surface area (Å²) in [6.45, 7) is 17.1. The van der Waals surface area contributed by atoms with Gasteiger partial charge in [-0.2, -0.15) is 13.2 Å². The Morgan fingerprint density at radius 1 is 0.939 bits per heavy atom. The van der Waals surface area contributed by atoms with Crippen LogP contribution in [0.3, 0.4) is 0 Å². The molecular weight excluding hydrogens is 641 g/mol. The normalized spacial score (nSPS) is 27.1. The van der Waals surface area contributed by atoms with E-state index in [1.165, 1.54) is 6.07 Å². The minimum Gasteiger partial charge on any atom is -0.456 e. The summed E-state index contributed by atoms with van der Waals surface area (Å²) in [5.74, 6) is -1.63. The number of anilines is 2. The van der Waals surface area contributed by atoms with Gasteiger partial charge in [0.25, 0.3) is 0 Å². The third-order valence-electron chi connectivity index (χ3n) is 9.56. The number of alkyl halides is 3. The molecule has 14 heteroatoms. The molecule has 0 radical (unpaired) electrons. The SMILES string of the molecule is CC(C)(C)OC(=O)c1ccc(N2CCC(CN3CCN(C[C@H]4OC[C@H](Nc5ccnc(C(F)(F)F)n5)[C@H]5OC(C)(C)O[C@H]54)CC3)CC2)cc1. The number of fused-ring (bicyclic) bond motifs is 1. The second-order valence-corrected chi connectivity index (χ2v) is 15.0. The molecule has 0 aliphatic carbocycles. The van der Waals surface area contributed by atoms with Gasteiger partial charge in [-0.3, -0.25) is 4.90 Å². The first-order chi connectivity index (χ1) is 23.1. The third-order valence-corrected chi connectivity index (χ3v) is 9.56. The lowest BCUT2D eigenvalue weighted by Gasteiger charge is -2.42. The van der Waals surface area contributed by atoms with Gasteiger partial charge in [-0.25, -0.2) is 14.8 Å². The summed E-state index contributed by atoms with van der Waals surface area (Å²) in [6, 6.07) is 8.72. The summed E-state index contributed by atoms with van der Waals surface area (Å²) >= 11 is 0. The lowest BCUT2D eigenvalue weighted by atomic mass is 9.95. The van der Waals surface area contributed by atoms with Crippen LogP contribution in [-0.4, -0.2) is 120 Å². The van der Waals surface area contributed by atoms with Gasteiger partial charge in [-0.05, 0) is 83.7 Å². The molecule has 0 amide bonds. The number of benzene rings is 1. The van der Waals surface area contributed by atoms with Gasteiger partial charge in [-0.1, -0.05) is 0 Å². The number of hydrogen-bond acceptors (Lipinski definition) is 11. The number of halogens is 3. The van der Waals surface area contributed by atoms with Crippen molar-refractivity contribution >= 4 is 17.5 Å². The molecule has 0 bridgehead atoms.